The number of ether oxygens (including phenoxy) is 1. The van der Waals surface area contributed by atoms with Crippen molar-refractivity contribution in [2.45, 2.75) is 50.9 Å². The first-order valence-electron chi connectivity index (χ1n) is 10.5. The first-order valence-corrected chi connectivity index (χ1v) is 10.5. The van der Waals surface area contributed by atoms with Crippen molar-refractivity contribution in [2.75, 3.05) is 6.61 Å². The van der Waals surface area contributed by atoms with E-state index in [0.29, 0.717) is 6.61 Å². The lowest BCUT2D eigenvalue weighted by Gasteiger charge is -2.42. The van der Waals surface area contributed by atoms with Crippen LogP contribution in [0.2, 0.25) is 0 Å². The van der Waals surface area contributed by atoms with Crippen molar-refractivity contribution in [2.24, 2.45) is 0 Å². The zero-order valence-electron chi connectivity index (χ0n) is 16.4. The molecule has 142 valence electrons. The van der Waals surface area contributed by atoms with Gasteiger partial charge in [-0.2, -0.15) is 4.98 Å². The quantitative estimate of drug-likeness (QED) is 0.570. The molecule has 0 bridgehead atoms. The molecule has 28 heavy (non-hydrogen) atoms. The molecule has 2 aliphatic carbocycles. The van der Waals surface area contributed by atoms with Crippen LogP contribution in [-0.2, 0) is 11.8 Å². The van der Waals surface area contributed by atoms with E-state index in [1.54, 1.807) is 0 Å². The van der Waals surface area contributed by atoms with Gasteiger partial charge < -0.3 is 4.74 Å². The summed E-state index contributed by atoms with van der Waals surface area (Å²) >= 11 is 0. The minimum atomic E-state index is 0.113. The van der Waals surface area contributed by atoms with Crippen LogP contribution in [0.25, 0.3) is 22.6 Å². The van der Waals surface area contributed by atoms with E-state index in [1.165, 1.54) is 48.8 Å². The highest BCUT2D eigenvalue weighted by atomic mass is 16.5. The second kappa shape index (κ2) is 7.05. The van der Waals surface area contributed by atoms with E-state index < -0.39 is 0 Å². The van der Waals surface area contributed by atoms with Crippen LogP contribution < -0.4 is 4.74 Å². The first-order chi connectivity index (χ1) is 13.8. The van der Waals surface area contributed by atoms with Gasteiger partial charge in [0.15, 0.2) is 5.82 Å². The number of aromatic nitrogens is 2. The smallest absolute Gasteiger partial charge is 0.221 e. The third kappa shape index (κ3) is 2.81. The van der Waals surface area contributed by atoms with Crippen LogP contribution in [0.15, 0.2) is 54.6 Å². The topological polar surface area (TPSA) is 35.0 Å². The van der Waals surface area contributed by atoms with Gasteiger partial charge in [0.1, 0.15) is 0 Å². The Labute approximate surface area is 166 Å². The van der Waals surface area contributed by atoms with Crippen molar-refractivity contribution in [3.8, 4) is 28.5 Å². The average Bonchev–Trinajstić information content (AvgIpc) is 2.75. The largest absolute Gasteiger partial charge is 0.478 e. The van der Waals surface area contributed by atoms with Gasteiger partial charge >= 0.3 is 0 Å². The highest BCUT2D eigenvalue weighted by Crippen LogP contribution is 2.52. The van der Waals surface area contributed by atoms with Crippen molar-refractivity contribution >= 4 is 0 Å². The predicted molar refractivity (Wildman–Crippen MR) is 113 cm³/mol. The van der Waals surface area contributed by atoms with Crippen molar-refractivity contribution in [3.05, 3.63) is 65.7 Å². The molecule has 1 spiro atoms. The molecule has 0 amide bonds. The molecule has 3 heteroatoms. The summed E-state index contributed by atoms with van der Waals surface area (Å²) in [5.41, 5.74) is 6.15. The molecule has 0 atom stereocenters. The standard InChI is InChI=1S/C25H26N2O/c1-2-28-24-21-22(26-23(27-24)18-11-5-3-6-12-18)20-14-8-7-13-19(20)17-25(21)15-9-4-10-16-25/h3,5-8,11-14H,2,4,9-10,15-17H2,1H3. The Hall–Kier alpha value is -2.68. The number of hydrogen-bond donors (Lipinski definition) is 0. The normalized spacial score (nSPS) is 17.0. The third-order valence-corrected chi connectivity index (χ3v) is 6.33. The fraction of sp³-hybridized carbons (Fsp3) is 0.360. The van der Waals surface area contributed by atoms with E-state index in [-0.39, 0.29) is 5.41 Å². The zero-order valence-corrected chi connectivity index (χ0v) is 16.4. The van der Waals surface area contributed by atoms with Crippen LogP contribution in [0.5, 0.6) is 5.88 Å². The summed E-state index contributed by atoms with van der Waals surface area (Å²) in [7, 11) is 0. The molecule has 2 aromatic carbocycles. The van der Waals surface area contributed by atoms with Gasteiger partial charge in [0.2, 0.25) is 5.88 Å². The van der Waals surface area contributed by atoms with Crippen LogP contribution in [0.3, 0.4) is 0 Å². The number of rotatable bonds is 3. The van der Waals surface area contributed by atoms with Gasteiger partial charge in [0.25, 0.3) is 0 Å². The molecule has 0 N–H and O–H groups in total. The van der Waals surface area contributed by atoms with Gasteiger partial charge in [-0.3, -0.25) is 0 Å². The molecule has 3 nitrogen and oxygen atoms in total. The van der Waals surface area contributed by atoms with Crippen molar-refractivity contribution in [1.82, 2.24) is 9.97 Å². The fourth-order valence-corrected chi connectivity index (χ4v) is 5.08. The Morgan fingerprint density at radius 1 is 0.893 bits per heavy atom. The van der Waals surface area contributed by atoms with Crippen molar-refractivity contribution in [1.29, 1.82) is 0 Å². The predicted octanol–water partition coefficient (Wildman–Crippen LogP) is 5.97. The first kappa shape index (κ1) is 17.4. The third-order valence-electron chi connectivity index (χ3n) is 6.33. The molecule has 0 radical (unpaired) electrons. The number of fused-ring (bicyclic) bond motifs is 4. The molecular weight excluding hydrogens is 344 g/mol. The highest BCUT2D eigenvalue weighted by molar-refractivity contribution is 5.76. The summed E-state index contributed by atoms with van der Waals surface area (Å²) in [6, 6.07) is 19.0. The Morgan fingerprint density at radius 3 is 2.43 bits per heavy atom. The fourth-order valence-electron chi connectivity index (χ4n) is 5.08. The second-order valence-corrected chi connectivity index (χ2v) is 8.05. The molecule has 0 saturated heterocycles. The maximum Gasteiger partial charge on any atom is 0.221 e. The van der Waals surface area contributed by atoms with Gasteiger partial charge in [-0.1, -0.05) is 73.9 Å². The summed E-state index contributed by atoms with van der Waals surface area (Å²) in [4.78, 5) is 10.1. The molecule has 1 aromatic heterocycles. The van der Waals surface area contributed by atoms with Crippen molar-refractivity contribution in [3.63, 3.8) is 0 Å². The van der Waals surface area contributed by atoms with Gasteiger partial charge in [-0.25, -0.2) is 4.98 Å². The average molecular weight is 370 g/mol. The SMILES string of the molecule is CCOc1nc(-c2ccccc2)nc2c1C1(CCCCC1)Cc1ccccc1-2. The zero-order chi connectivity index (χ0) is 19.0. The van der Waals surface area contributed by atoms with Crippen LogP contribution in [-0.4, -0.2) is 16.6 Å². The Balaban J connectivity index is 1.79. The molecule has 0 unspecified atom stereocenters. The summed E-state index contributed by atoms with van der Waals surface area (Å²) in [5.74, 6) is 1.55. The molecule has 0 aliphatic heterocycles. The number of benzene rings is 2. The van der Waals surface area contributed by atoms with Crippen molar-refractivity contribution < 1.29 is 4.74 Å². The molecule has 5 rings (SSSR count). The van der Waals surface area contributed by atoms with Crippen LogP contribution in [0.4, 0.5) is 0 Å². The lowest BCUT2D eigenvalue weighted by Crippen LogP contribution is -2.36. The summed E-state index contributed by atoms with van der Waals surface area (Å²) in [6.07, 6.45) is 7.34. The van der Waals surface area contributed by atoms with E-state index in [4.69, 9.17) is 14.7 Å². The van der Waals surface area contributed by atoms with E-state index >= 15 is 0 Å². The summed E-state index contributed by atoms with van der Waals surface area (Å²) in [6.45, 7) is 2.66. The van der Waals surface area contributed by atoms with Gasteiger partial charge in [-0.05, 0) is 31.7 Å². The molecule has 2 aliphatic rings. The maximum atomic E-state index is 6.16. The number of nitrogens with zero attached hydrogens (tertiary/aromatic N) is 2. The second-order valence-electron chi connectivity index (χ2n) is 8.05. The molecule has 1 saturated carbocycles. The molecule has 1 heterocycles. The Morgan fingerprint density at radius 2 is 1.64 bits per heavy atom. The Bertz CT molecular complexity index is 991. The van der Waals surface area contributed by atoms with Gasteiger partial charge in [0, 0.05) is 22.1 Å². The van der Waals surface area contributed by atoms with Gasteiger partial charge in [0.05, 0.1) is 12.3 Å². The molecular formula is C25H26N2O. The van der Waals surface area contributed by atoms with Crippen LogP contribution >= 0.6 is 0 Å². The van der Waals surface area contributed by atoms with E-state index in [1.807, 2.05) is 25.1 Å². The van der Waals surface area contributed by atoms with Gasteiger partial charge in [-0.15, -0.1) is 0 Å². The van der Waals surface area contributed by atoms with Crippen LogP contribution in [0.1, 0.15) is 50.2 Å². The highest BCUT2D eigenvalue weighted by Gasteiger charge is 2.43. The summed E-state index contributed by atoms with van der Waals surface area (Å²) in [5, 5.41) is 0. The minimum Gasteiger partial charge on any atom is -0.478 e. The van der Waals surface area contributed by atoms with E-state index in [0.717, 1.165) is 29.4 Å². The summed E-state index contributed by atoms with van der Waals surface area (Å²) < 4.78 is 6.16. The van der Waals surface area contributed by atoms with E-state index in [9.17, 15) is 0 Å². The Kier molecular flexibility index (Phi) is 4.38. The van der Waals surface area contributed by atoms with Crippen LogP contribution in [0, 0.1) is 0 Å². The molecule has 3 aromatic rings. The monoisotopic (exact) mass is 370 g/mol. The maximum absolute atomic E-state index is 6.16. The minimum absolute atomic E-state index is 0.113. The lowest BCUT2D eigenvalue weighted by molar-refractivity contribution is 0.260. The molecule has 1 fully saturated rings. The lowest BCUT2D eigenvalue weighted by atomic mass is 9.62. The number of hydrogen-bond acceptors (Lipinski definition) is 3. The van der Waals surface area contributed by atoms with E-state index in [2.05, 4.69) is 36.4 Å².